The van der Waals surface area contributed by atoms with E-state index < -0.39 is 0 Å². The van der Waals surface area contributed by atoms with Gasteiger partial charge in [-0.15, -0.1) is 0 Å². The van der Waals surface area contributed by atoms with Gasteiger partial charge in [-0.2, -0.15) is 0 Å². The largest absolute Gasteiger partial charge is 0.494 e. The molecule has 1 aromatic heterocycles. The van der Waals surface area contributed by atoms with Gasteiger partial charge in [-0.05, 0) is 59.5 Å². The Kier molecular flexibility index (Phi) is 6.23. The molecule has 158 valence electrons. The zero-order valence-corrected chi connectivity index (χ0v) is 17.8. The number of ether oxygens (including phenoxy) is 1. The number of carbonyl (C=O) groups is 1. The molecule has 2 N–H and O–H groups in total. The van der Waals surface area contributed by atoms with Gasteiger partial charge in [-0.25, -0.2) is 4.39 Å². The van der Waals surface area contributed by atoms with E-state index in [0.717, 1.165) is 22.0 Å². The molecule has 3 aromatic carbocycles. The number of methoxy groups -OCH3 is 1. The summed E-state index contributed by atoms with van der Waals surface area (Å²) in [6, 6.07) is 18.0. The summed E-state index contributed by atoms with van der Waals surface area (Å²) in [5, 5.41) is 4.70. The summed E-state index contributed by atoms with van der Waals surface area (Å²) in [5.74, 6) is -0.270. The van der Waals surface area contributed by atoms with Crippen molar-refractivity contribution in [2.45, 2.75) is 12.8 Å². The maximum absolute atomic E-state index is 14.3. The fourth-order valence-corrected chi connectivity index (χ4v) is 3.79. The van der Waals surface area contributed by atoms with Gasteiger partial charge in [0.15, 0.2) is 11.6 Å². The first-order valence-corrected chi connectivity index (χ1v) is 10.4. The van der Waals surface area contributed by atoms with Gasteiger partial charge < -0.3 is 15.0 Å². The second-order valence-electron chi connectivity index (χ2n) is 7.32. The Labute approximate surface area is 185 Å². The Morgan fingerprint density at radius 1 is 1.10 bits per heavy atom. The third-order valence-corrected chi connectivity index (χ3v) is 5.52. The average molecular weight is 437 g/mol. The number of hydrogen-bond donors (Lipinski definition) is 2. The number of fused-ring (bicyclic) bond motifs is 1. The standard InChI is InChI=1S/C25H22ClFN2O2/c1-31-23-4-2-3-18(24(23)27)13-16-5-7-17(8-6-16)25(30)28-12-11-19-15-29-22-10-9-20(26)14-21(19)22/h2-10,14-15,29H,11-13H2,1H3,(H,28,30). The van der Waals surface area contributed by atoms with Gasteiger partial charge >= 0.3 is 0 Å². The molecule has 0 bridgehead atoms. The van der Waals surface area contributed by atoms with Crippen molar-refractivity contribution in [3.05, 3.63) is 100.0 Å². The SMILES string of the molecule is COc1cccc(Cc2ccc(C(=O)NCCc3c[nH]c4ccc(Cl)cc34)cc2)c1F. The van der Waals surface area contributed by atoms with Crippen LogP contribution < -0.4 is 10.1 Å². The van der Waals surface area contributed by atoms with Gasteiger partial charge in [-0.1, -0.05) is 35.9 Å². The van der Waals surface area contributed by atoms with E-state index in [1.807, 2.05) is 36.5 Å². The fourth-order valence-electron chi connectivity index (χ4n) is 3.61. The third-order valence-electron chi connectivity index (χ3n) is 5.28. The number of aromatic amines is 1. The Hall–Kier alpha value is -3.31. The minimum absolute atomic E-state index is 0.142. The second kappa shape index (κ2) is 9.23. The van der Waals surface area contributed by atoms with Gasteiger partial charge in [-0.3, -0.25) is 4.79 Å². The Morgan fingerprint density at radius 2 is 1.90 bits per heavy atom. The van der Waals surface area contributed by atoms with Gasteiger partial charge in [0.25, 0.3) is 5.91 Å². The molecule has 0 saturated heterocycles. The highest BCUT2D eigenvalue weighted by Gasteiger charge is 2.11. The van der Waals surface area contributed by atoms with Crippen molar-refractivity contribution in [3.8, 4) is 5.75 Å². The average Bonchev–Trinajstić information content (AvgIpc) is 3.17. The van der Waals surface area contributed by atoms with E-state index >= 15 is 0 Å². The molecule has 0 spiro atoms. The summed E-state index contributed by atoms with van der Waals surface area (Å²) in [6.07, 6.45) is 3.06. The number of amides is 1. The fraction of sp³-hybridized carbons (Fsp3) is 0.160. The van der Waals surface area contributed by atoms with Crippen LogP contribution in [0.3, 0.4) is 0 Å². The summed E-state index contributed by atoms with van der Waals surface area (Å²) < 4.78 is 19.4. The molecule has 0 unspecified atom stereocenters. The van der Waals surface area contributed by atoms with Crippen molar-refractivity contribution in [3.63, 3.8) is 0 Å². The third kappa shape index (κ3) is 4.72. The molecule has 6 heteroatoms. The van der Waals surface area contributed by atoms with E-state index in [1.165, 1.54) is 7.11 Å². The lowest BCUT2D eigenvalue weighted by Gasteiger charge is -2.09. The number of H-pyrrole nitrogens is 1. The topological polar surface area (TPSA) is 54.1 Å². The summed E-state index contributed by atoms with van der Waals surface area (Å²) in [4.78, 5) is 15.7. The molecule has 1 heterocycles. The molecule has 4 aromatic rings. The number of hydrogen-bond acceptors (Lipinski definition) is 2. The van der Waals surface area contributed by atoms with Gasteiger partial charge in [0.2, 0.25) is 0 Å². The highest BCUT2D eigenvalue weighted by Crippen LogP contribution is 2.23. The van der Waals surface area contributed by atoms with Gasteiger partial charge in [0.05, 0.1) is 7.11 Å². The maximum Gasteiger partial charge on any atom is 0.251 e. The number of aromatic nitrogens is 1. The number of halogens is 2. The summed E-state index contributed by atoms with van der Waals surface area (Å²) >= 11 is 6.09. The molecule has 4 rings (SSSR count). The Morgan fingerprint density at radius 3 is 2.68 bits per heavy atom. The predicted octanol–water partition coefficient (Wildman–Crippen LogP) is 5.53. The quantitative estimate of drug-likeness (QED) is 0.400. The number of rotatable bonds is 7. The minimum atomic E-state index is -0.356. The van der Waals surface area contributed by atoms with E-state index in [-0.39, 0.29) is 17.5 Å². The number of carbonyl (C=O) groups excluding carboxylic acids is 1. The molecular weight excluding hydrogens is 415 g/mol. The van der Waals surface area contributed by atoms with Crippen LogP contribution in [0.15, 0.2) is 66.9 Å². The first-order valence-electron chi connectivity index (χ1n) is 9.99. The Balaban J connectivity index is 1.35. The number of benzene rings is 3. The summed E-state index contributed by atoms with van der Waals surface area (Å²) in [5.41, 5.74) is 4.16. The predicted molar refractivity (Wildman–Crippen MR) is 122 cm³/mol. The highest BCUT2D eigenvalue weighted by atomic mass is 35.5. The lowest BCUT2D eigenvalue weighted by molar-refractivity contribution is 0.0954. The van der Waals surface area contributed by atoms with Crippen LogP contribution >= 0.6 is 11.6 Å². The highest BCUT2D eigenvalue weighted by molar-refractivity contribution is 6.31. The van der Waals surface area contributed by atoms with Crippen molar-refractivity contribution >= 4 is 28.4 Å². The number of nitrogens with one attached hydrogen (secondary N) is 2. The van der Waals surface area contributed by atoms with Crippen LogP contribution in [0.4, 0.5) is 4.39 Å². The molecule has 0 aliphatic heterocycles. The molecule has 0 atom stereocenters. The molecule has 0 radical (unpaired) electrons. The van der Waals surface area contributed by atoms with E-state index in [0.29, 0.717) is 35.5 Å². The van der Waals surface area contributed by atoms with Crippen molar-refractivity contribution < 1.29 is 13.9 Å². The molecule has 0 saturated carbocycles. The van der Waals surface area contributed by atoms with Crippen molar-refractivity contribution in [2.24, 2.45) is 0 Å². The van der Waals surface area contributed by atoms with Gasteiger partial charge in [0.1, 0.15) is 0 Å². The van der Waals surface area contributed by atoms with Crippen LogP contribution in [-0.2, 0) is 12.8 Å². The first kappa shape index (κ1) is 20.9. The molecule has 0 fully saturated rings. The van der Waals surface area contributed by atoms with E-state index in [1.54, 1.807) is 30.3 Å². The van der Waals surface area contributed by atoms with Crippen molar-refractivity contribution in [1.82, 2.24) is 10.3 Å². The van der Waals surface area contributed by atoms with E-state index in [2.05, 4.69) is 10.3 Å². The zero-order chi connectivity index (χ0) is 21.8. The first-order chi connectivity index (χ1) is 15.0. The van der Waals surface area contributed by atoms with Gasteiger partial charge in [0, 0.05) is 40.7 Å². The lowest BCUT2D eigenvalue weighted by Crippen LogP contribution is -2.25. The lowest BCUT2D eigenvalue weighted by atomic mass is 10.0. The molecule has 0 aliphatic carbocycles. The zero-order valence-electron chi connectivity index (χ0n) is 17.0. The molecule has 4 nitrogen and oxygen atoms in total. The van der Waals surface area contributed by atoms with Crippen LogP contribution in [0.25, 0.3) is 10.9 Å². The summed E-state index contributed by atoms with van der Waals surface area (Å²) in [6.45, 7) is 0.509. The molecule has 0 aliphatic rings. The second-order valence-corrected chi connectivity index (χ2v) is 7.75. The van der Waals surface area contributed by atoms with Crippen molar-refractivity contribution in [1.29, 1.82) is 0 Å². The van der Waals surface area contributed by atoms with E-state index in [4.69, 9.17) is 16.3 Å². The van der Waals surface area contributed by atoms with E-state index in [9.17, 15) is 9.18 Å². The summed E-state index contributed by atoms with van der Waals surface area (Å²) in [7, 11) is 1.45. The Bertz CT molecular complexity index is 1220. The van der Waals surface area contributed by atoms with Crippen LogP contribution in [0, 0.1) is 5.82 Å². The van der Waals surface area contributed by atoms with Crippen LogP contribution in [-0.4, -0.2) is 24.5 Å². The molecule has 31 heavy (non-hydrogen) atoms. The van der Waals surface area contributed by atoms with Crippen molar-refractivity contribution in [2.75, 3.05) is 13.7 Å². The maximum atomic E-state index is 14.3. The monoisotopic (exact) mass is 436 g/mol. The van der Waals surface area contributed by atoms with Crippen LogP contribution in [0.2, 0.25) is 5.02 Å². The van der Waals surface area contributed by atoms with Crippen LogP contribution in [0.5, 0.6) is 5.75 Å². The minimum Gasteiger partial charge on any atom is -0.494 e. The molecular formula is C25H22ClFN2O2. The van der Waals surface area contributed by atoms with Crippen LogP contribution in [0.1, 0.15) is 27.0 Å². The molecule has 1 amide bonds. The smallest absolute Gasteiger partial charge is 0.251 e. The normalized spacial score (nSPS) is 10.9.